The van der Waals surface area contributed by atoms with Crippen molar-refractivity contribution in [1.82, 2.24) is 14.5 Å². The molecule has 242 valence electrons. The molecule has 0 saturated heterocycles. The number of nitrogens with zero attached hydrogens (tertiary/aromatic N) is 3. The van der Waals surface area contributed by atoms with E-state index in [0.29, 0.717) is 5.95 Å². The lowest BCUT2D eigenvalue weighted by molar-refractivity contribution is 1.02. The SMILES string of the molecule is c1ccc(-c2ccc(-c3nc(-n4c5ccc6ccccc6c5c5c6ccccc6ccc54)nc4sc5cc(-c6ccccc6)ccc5c34)cc2)cc1. The van der Waals surface area contributed by atoms with E-state index in [4.69, 9.17) is 9.97 Å². The molecule has 3 aromatic heterocycles. The van der Waals surface area contributed by atoms with Crippen LogP contribution in [0.3, 0.4) is 0 Å². The molecule has 0 aliphatic carbocycles. The first-order valence-corrected chi connectivity index (χ1v) is 18.4. The van der Waals surface area contributed by atoms with Crippen molar-refractivity contribution in [2.75, 3.05) is 0 Å². The Bertz CT molecular complexity index is 3070. The first kappa shape index (κ1) is 29.1. The van der Waals surface area contributed by atoms with E-state index in [1.807, 2.05) is 0 Å². The molecule has 0 unspecified atom stereocenters. The lowest BCUT2D eigenvalue weighted by Gasteiger charge is -2.11. The lowest BCUT2D eigenvalue weighted by Crippen LogP contribution is -2.02. The molecule has 0 fully saturated rings. The molecule has 11 aromatic rings. The number of aromatic nitrogens is 3. The van der Waals surface area contributed by atoms with Crippen LogP contribution >= 0.6 is 11.3 Å². The molecule has 11 rings (SSSR count). The summed E-state index contributed by atoms with van der Waals surface area (Å²) in [6.07, 6.45) is 0. The Morgan fingerprint density at radius 2 is 0.904 bits per heavy atom. The normalized spacial score (nSPS) is 11.8. The van der Waals surface area contributed by atoms with Crippen LogP contribution in [-0.4, -0.2) is 14.5 Å². The second-order valence-corrected chi connectivity index (χ2v) is 14.4. The van der Waals surface area contributed by atoms with Crippen LogP contribution in [-0.2, 0) is 0 Å². The maximum absolute atomic E-state index is 5.54. The third-order valence-electron chi connectivity index (χ3n) is 10.4. The van der Waals surface area contributed by atoms with Gasteiger partial charge in [0.2, 0.25) is 5.95 Å². The van der Waals surface area contributed by atoms with E-state index in [9.17, 15) is 0 Å². The number of benzene rings is 8. The molecule has 0 aliphatic rings. The van der Waals surface area contributed by atoms with Crippen molar-refractivity contribution in [3.8, 4) is 39.5 Å². The molecule has 0 aliphatic heterocycles. The molecular weight excluding hydrogens is 651 g/mol. The fourth-order valence-electron chi connectivity index (χ4n) is 8.00. The Morgan fingerprint density at radius 3 is 1.54 bits per heavy atom. The highest BCUT2D eigenvalue weighted by molar-refractivity contribution is 7.25. The van der Waals surface area contributed by atoms with Crippen molar-refractivity contribution < 1.29 is 0 Å². The van der Waals surface area contributed by atoms with Crippen molar-refractivity contribution in [3.63, 3.8) is 0 Å². The van der Waals surface area contributed by atoms with Gasteiger partial charge < -0.3 is 0 Å². The zero-order valence-corrected chi connectivity index (χ0v) is 28.8. The van der Waals surface area contributed by atoms with Gasteiger partial charge >= 0.3 is 0 Å². The molecule has 0 radical (unpaired) electrons. The number of hydrogen-bond acceptors (Lipinski definition) is 3. The van der Waals surface area contributed by atoms with Crippen molar-refractivity contribution in [1.29, 1.82) is 0 Å². The first-order chi connectivity index (χ1) is 25.8. The smallest absolute Gasteiger partial charge is 0.236 e. The van der Waals surface area contributed by atoms with Crippen LogP contribution in [0.5, 0.6) is 0 Å². The van der Waals surface area contributed by atoms with Crippen LogP contribution in [0.15, 0.2) is 176 Å². The molecule has 3 heterocycles. The Kier molecular flexibility index (Phi) is 6.42. The number of hydrogen-bond donors (Lipinski definition) is 0. The van der Waals surface area contributed by atoms with Crippen LogP contribution in [0.25, 0.3) is 103 Å². The van der Waals surface area contributed by atoms with Gasteiger partial charge in [0.05, 0.1) is 16.7 Å². The van der Waals surface area contributed by atoms with E-state index in [0.717, 1.165) is 32.5 Å². The summed E-state index contributed by atoms with van der Waals surface area (Å²) in [4.78, 5) is 12.0. The summed E-state index contributed by atoms with van der Waals surface area (Å²) in [6.45, 7) is 0. The van der Waals surface area contributed by atoms with Crippen molar-refractivity contribution in [2.24, 2.45) is 0 Å². The highest BCUT2D eigenvalue weighted by atomic mass is 32.1. The molecule has 0 atom stereocenters. The number of rotatable bonds is 4. The summed E-state index contributed by atoms with van der Waals surface area (Å²) in [5.41, 5.74) is 8.98. The Labute approximate surface area is 303 Å². The second kappa shape index (κ2) is 11.5. The number of thiophene rings is 1. The highest BCUT2D eigenvalue weighted by Crippen LogP contribution is 2.43. The zero-order valence-electron chi connectivity index (χ0n) is 28.0. The molecule has 52 heavy (non-hydrogen) atoms. The van der Waals surface area contributed by atoms with E-state index < -0.39 is 0 Å². The fourth-order valence-corrected chi connectivity index (χ4v) is 9.11. The van der Waals surface area contributed by atoms with Gasteiger partial charge in [-0.05, 0) is 62.0 Å². The lowest BCUT2D eigenvalue weighted by atomic mass is 10.00. The monoisotopic (exact) mass is 679 g/mol. The molecule has 4 heteroatoms. The maximum Gasteiger partial charge on any atom is 0.236 e. The van der Waals surface area contributed by atoms with Crippen molar-refractivity contribution >= 4 is 75.0 Å². The minimum Gasteiger partial charge on any atom is -0.278 e. The standard InChI is InChI=1S/C48H29N3S/c1-3-11-30(12-4-1)32-19-21-35(22-20-32)46-45-39-26-23-36(31-13-5-2-6-14-31)29-42(39)52-47(45)50-48(49-46)51-40-27-24-33-15-7-9-17-37(33)43(40)44-38-18-10-8-16-34(38)25-28-41(44)51/h1-29H. The molecular formula is C48H29N3S. The van der Waals surface area contributed by atoms with Gasteiger partial charge in [-0.1, -0.05) is 158 Å². The van der Waals surface area contributed by atoms with E-state index in [1.54, 1.807) is 11.3 Å². The predicted octanol–water partition coefficient (Wildman–Crippen LogP) is 13.2. The second-order valence-electron chi connectivity index (χ2n) is 13.4. The first-order valence-electron chi connectivity index (χ1n) is 17.6. The average molecular weight is 680 g/mol. The van der Waals surface area contributed by atoms with Gasteiger partial charge in [-0.15, -0.1) is 11.3 Å². The van der Waals surface area contributed by atoms with Crippen LogP contribution in [0.2, 0.25) is 0 Å². The summed E-state index contributed by atoms with van der Waals surface area (Å²) in [6, 6.07) is 63.0. The van der Waals surface area contributed by atoms with Gasteiger partial charge in [0.1, 0.15) is 4.83 Å². The average Bonchev–Trinajstić information content (AvgIpc) is 3.77. The topological polar surface area (TPSA) is 30.7 Å². The summed E-state index contributed by atoms with van der Waals surface area (Å²) in [5.74, 6) is 0.676. The quantitative estimate of drug-likeness (QED) is 0.185. The van der Waals surface area contributed by atoms with E-state index in [2.05, 4.69) is 180 Å². The summed E-state index contributed by atoms with van der Waals surface area (Å²) < 4.78 is 3.48. The molecule has 0 N–H and O–H groups in total. The van der Waals surface area contributed by atoms with E-state index in [-0.39, 0.29) is 0 Å². The molecule has 3 nitrogen and oxygen atoms in total. The molecule has 0 saturated carbocycles. The summed E-state index contributed by atoms with van der Waals surface area (Å²) in [7, 11) is 0. The van der Waals surface area contributed by atoms with Crippen LogP contribution < -0.4 is 0 Å². The minimum absolute atomic E-state index is 0.676. The van der Waals surface area contributed by atoms with E-state index >= 15 is 0 Å². The Hall–Kier alpha value is -6.62. The zero-order chi connectivity index (χ0) is 34.2. The minimum atomic E-state index is 0.676. The fraction of sp³-hybridized carbons (Fsp3) is 0. The maximum atomic E-state index is 5.54. The van der Waals surface area contributed by atoms with Crippen molar-refractivity contribution in [2.45, 2.75) is 0 Å². The van der Waals surface area contributed by atoms with Gasteiger partial charge in [0.25, 0.3) is 0 Å². The van der Waals surface area contributed by atoms with Gasteiger partial charge in [-0.2, -0.15) is 0 Å². The molecule has 0 spiro atoms. The number of fused-ring (bicyclic) bond motifs is 10. The van der Waals surface area contributed by atoms with Gasteiger partial charge in [-0.25, -0.2) is 9.97 Å². The van der Waals surface area contributed by atoms with Gasteiger partial charge in [-0.3, -0.25) is 4.57 Å². The Morgan fingerprint density at radius 1 is 0.385 bits per heavy atom. The predicted molar refractivity (Wildman–Crippen MR) is 221 cm³/mol. The molecule has 0 bridgehead atoms. The molecule has 8 aromatic carbocycles. The Balaban J connectivity index is 1.23. The van der Waals surface area contributed by atoms with Crippen LogP contribution in [0.1, 0.15) is 0 Å². The highest BCUT2D eigenvalue weighted by Gasteiger charge is 2.22. The summed E-state index contributed by atoms with van der Waals surface area (Å²) >= 11 is 1.74. The van der Waals surface area contributed by atoms with Crippen LogP contribution in [0.4, 0.5) is 0 Å². The molecule has 0 amide bonds. The van der Waals surface area contributed by atoms with Gasteiger partial charge in [0, 0.05) is 31.8 Å². The van der Waals surface area contributed by atoms with Gasteiger partial charge in [0.15, 0.2) is 0 Å². The third-order valence-corrected chi connectivity index (χ3v) is 11.5. The summed E-state index contributed by atoms with van der Waals surface area (Å²) in [5, 5.41) is 9.62. The third kappa shape index (κ3) is 4.45. The van der Waals surface area contributed by atoms with Crippen molar-refractivity contribution in [3.05, 3.63) is 176 Å². The largest absolute Gasteiger partial charge is 0.278 e. The van der Waals surface area contributed by atoms with Crippen LogP contribution in [0, 0.1) is 0 Å². The van der Waals surface area contributed by atoms with E-state index in [1.165, 1.54) is 64.7 Å².